The summed E-state index contributed by atoms with van der Waals surface area (Å²) in [5.74, 6) is -0.209. The lowest BCUT2D eigenvalue weighted by atomic mass is 9.99. The van der Waals surface area contributed by atoms with E-state index < -0.39 is 49.5 Å². The highest BCUT2D eigenvalue weighted by molar-refractivity contribution is 5.76. The normalized spacial score (nSPS) is 22.8. The third-order valence-corrected chi connectivity index (χ3v) is 8.76. The zero-order valence-corrected chi connectivity index (χ0v) is 31.6. The standard InChI is InChI=1S/C42H71NO8/c1-3-5-7-9-11-13-14-15-16-17-18-19-20-21-22-24-26-28-30-32-38(46)43-35(36(45)31-29-27-25-23-12-10-8-6-4-2)34-50-42-41(49)40(48)39(47)37(33-44)51-42/h5,7,11-13,15-16,18-19,23,29,31,35-37,39-42,44-45,47-49H,3-4,6,8-10,14,17,20-22,24-28,30,32-34H2,1-2H3,(H,43,46)/b7-5-,13-11-,16-15-,19-18-,23-12+,31-29+. The molecule has 1 rings (SSSR count). The van der Waals surface area contributed by atoms with Crippen molar-refractivity contribution in [2.75, 3.05) is 13.2 Å². The van der Waals surface area contributed by atoms with Crippen molar-refractivity contribution in [1.29, 1.82) is 0 Å². The van der Waals surface area contributed by atoms with Crippen LogP contribution in [0.2, 0.25) is 0 Å². The van der Waals surface area contributed by atoms with Gasteiger partial charge in [0.2, 0.25) is 5.91 Å². The van der Waals surface area contributed by atoms with Crippen LogP contribution in [0.15, 0.2) is 72.9 Å². The molecule has 292 valence electrons. The Hall–Kier alpha value is -2.37. The number of aliphatic hydroxyl groups excluding tert-OH is 5. The number of nitrogens with one attached hydrogen (secondary N) is 1. The van der Waals surface area contributed by atoms with E-state index in [9.17, 15) is 30.3 Å². The van der Waals surface area contributed by atoms with Crippen molar-refractivity contribution < 1.29 is 39.8 Å². The molecule has 0 spiro atoms. The van der Waals surface area contributed by atoms with Crippen molar-refractivity contribution in [3.8, 4) is 0 Å². The molecule has 1 fully saturated rings. The zero-order valence-electron chi connectivity index (χ0n) is 31.6. The Morgan fingerprint density at radius 2 is 1.24 bits per heavy atom. The predicted octanol–water partition coefficient (Wildman–Crippen LogP) is 7.05. The SMILES string of the molecule is CC/C=C\C/C=C\C/C=C\C/C=C\CCCCCCCCC(=O)NC(COC1OC(CO)C(O)C(O)C1O)C(O)/C=C/CC/C=C/CCCCC. The molecule has 0 aromatic heterocycles. The van der Waals surface area contributed by atoms with Gasteiger partial charge < -0.3 is 40.3 Å². The third-order valence-electron chi connectivity index (χ3n) is 8.76. The fourth-order valence-electron chi connectivity index (χ4n) is 5.57. The van der Waals surface area contributed by atoms with E-state index in [-0.39, 0.29) is 12.5 Å². The van der Waals surface area contributed by atoms with Crippen LogP contribution in [0.5, 0.6) is 0 Å². The lowest BCUT2D eigenvalue weighted by Crippen LogP contribution is -2.60. The number of carbonyl (C=O) groups is 1. The van der Waals surface area contributed by atoms with Gasteiger partial charge in [0, 0.05) is 6.42 Å². The Kier molecular flexibility index (Phi) is 29.5. The molecule has 1 amide bonds. The molecule has 1 saturated heterocycles. The van der Waals surface area contributed by atoms with Crippen LogP contribution in [0.3, 0.4) is 0 Å². The minimum absolute atomic E-state index is 0.209. The molecule has 0 saturated carbocycles. The Morgan fingerprint density at radius 3 is 1.88 bits per heavy atom. The highest BCUT2D eigenvalue weighted by Crippen LogP contribution is 2.22. The van der Waals surface area contributed by atoms with Crippen LogP contribution in [0.4, 0.5) is 0 Å². The van der Waals surface area contributed by atoms with Crippen molar-refractivity contribution in [3.63, 3.8) is 0 Å². The third kappa shape index (κ3) is 23.7. The Bertz CT molecular complexity index is 1020. The number of rotatable bonds is 30. The largest absolute Gasteiger partial charge is 0.394 e. The summed E-state index contributed by atoms with van der Waals surface area (Å²) < 4.78 is 11.1. The highest BCUT2D eigenvalue weighted by Gasteiger charge is 2.44. The van der Waals surface area contributed by atoms with Gasteiger partial charge in [0.15, 0.2) is 6.29 Å². The van der Waals surface area contributed by atoms with E-state index in [4.69, 9.17) is 9.47 Å². The van der Waals surface area contributed by atoms with Gasteiger partial charge >= 0.3 is 0 Å². The summed E-state index contributed by atoms with van der Waals surface area (Å²) in [6.07, 6.45) is 35.2. The first-order valence-corrected chi connectivity index (χ1v) is 19.7. The number of unbranched alkanes of at least 4 members (excludes halogenated alkanes) is 10. The quantitative estimate of drug-likeness (QED) is 0.0342. The van der Waals surface area contributed by atoms with E-state index in [0.717, 1.165) is 89.9 Å². The molecular formula is C42H71NO8. The van der Waals surface area contributed by atoms with Gasteiger partial charge in [-0.1, -0.05) is 125 Å². The fourth-order valence-corrected chi connectivity index (χ4v) is 5.57. The van der Waals surface area contributed by atoms with E-state index in [2.05, 4.69) is 79.9 Å². The smallest absolute Gasteiger partial charge is 0.220 e. The maximum atomic E-state index is 12.9. The minimum Gasteiger partial charge on any atom is -0.394 e. The van der Waals surface area contributed by atoms with Crippen LogP contribution < -0.4 is 5.32 Å². The monoisotopic (exact) mass is 718 g/mol. The van der Waals surface area contributed by atoms with Crippen molar-refractivity contribution in [3.05, 3.63) is 72.9 Å². The van der Waals surface area contributed by atoms with Gasteiger partial charge in [-0.25, -0.2) is 0 Å². The van der Waals surface area contributed by atoms with E-state index >= 15 is 0 Å². The number of hydrogen-bond donors (Lipinski definition) is 6. The molecule has 1 aliphatic heterocycles. The van der Waals surface area contributed by atoms with Crippen molar-refractivity contribution >= 4 is 5.91 Å². The topological polar surface area (TPSA) is 149 Å². The molecule has 0 radical (unpaired) electrons. The first kappa shape index (κ1) is 46.7. The molecule has 1 aliphatic rings. The van der Waals surface area contributed by atoms with Crippen LogP contribution in [-0.4, -0.2) is 87.5 Å². The number of allylic oxidation sites excluding steroid dienone is 11. The summed E-state index contributed by atoms with van der Waals surface area (Å²) in [5, 5.41) is 53.8. The summed E-state index contributed by atoms with van der Waals surface area (Å²) in [7, 11) is 0. The number of aliphatic hydroxyl groups is 5. The molecule has 9 nitrogen and oxygen atoms in total. The Morgan fingerprint density at radius 1 is 0.686 bits per heavy atom. The average Bonchev–Trinajstić information content (AvgIpc) is 3.13. The highest BCUT2D eigenvalue weighted by atomic mass is 16.7. The van der Waals surface area contributed by atoms with Crippen LogP contribution in [0.25, 0.3) is 0 Å². The maximum absolute atomic E-state index is 12.9. The molecule has 6 N–H and O–H groups in total. The van der Waals surface area contributed by atoms with Gasteiger partial charge in [-0.2, -0.15) is 0 Å². The van der Waals surface area contributed by atoms with Gasteiger partial charge in [0.1, 0.15) is 24.4 Å². The van der Waals surface area contributed by atoms with Crippen molar-refractivity contribution in [1.82, 2.24) is 5.32 Å². The van der Waals surface area contributed by atoms with Gasteiger partial charge in [-0.15, -0.1) is 0 Å². The summed E-state index contributed by atoms with van der Waals surface area (Å²) in [6.45, 7) is 3.54. The minimum atomic E-state index is -1.58. The summed E-state index contributed by atoms with van der Waals surface area (Å²) >= 11 is 0. The summed E-state index contributed by atoms with van der Waals surface area (Å²) in [4.78, 5) is 12.9. The molecule has 7 atom stereocenters. The first-order chi connectivity index (χ1) is 24.8. The van der Waals surface area contributed by atoms with Crippen molar-refractivity contribution in [2.24, 2.45) is 0 Å². The predicted molar refractivity (Wildman–Crippen MR) is 207 cm³/mol. The van der Waals surface area contributed by atoms with Gasteiger partial charge in [0.05, 0.1) is 25.4 Å². The molecular weight excluding hydrogens is 646 g/mol. The fraction of sp³-hybridized carbons (Fsp3) is 0.690. The number of ether oxygens (including phenoxy) is 2. The number of hydrogen-bond acceptors (Lipinski definition) is 8. The van der Waals surface area contributed by atoms with Gasteiger partial charge in [0.25, 0.3) is 0 Å². The second-order valence-electron chi connectivity index (χ2n) is 13.3. The number of amides is 1. The molecule has 1 heterocycles. The van der Waals surface area contributed by atoms with Crippen molar-refractivity contribution in [2.45, 2.75) is 172 Å². The number of carbonyl (C=O) groups excluding carboxylic acids is 1. The molecule has 0 bridgehead atoms. The van der Waals surface area contributed by atoms with E-state index in [0.29, 0.717) is 6.42 Å². The Labute approximate surface area is 308 Å². The summed E-state index contributed by atoms with van der Waals surface area (Å²) in [5.41, 5.74) is 0. The Balaban J connectivity index is 2.41. The van der Waals surface area contributed by atoms with Crippen LogP contribution in [0, 0.1) is 0 Å². The van der Waals surface area contributed by atoms with E-state index in [1.54, 1.807) is 6.08 Å². The van der Waals surface area contributed by atoms with Crippen LogP contribution in [-0.2, 0) is 14.3 Å². The van der Waals surface area contributed by atoms with Crippen LogP contribution in [0.1, 0.15) is 129 Å². The second kappa shape index (κ2) is 32.3. The summed E-state index contributed by atoms with van der Waals surface area (Å²) in [6, 6.07) is -0.830. The first-order valence-electron chi connectivity index (χ1n) is 19.7. The maximum Gasteiger partial charge on any atom is 0.220 e. The molecule has 0 aliphatic carbocycles. The average molecular weight is 718 g/mol. The molecule has 0 aromatic rings. The van der Waals surface area contributed by atoms with Crippen LogP contribution >= 0.6 is 0 Å². The lowest BCUT2D eigenvalue weighted by molar-refractivity contribution is -0.302. The molecule has 9 heteroatoms. The van der Waals surface area contributed by atoms with E-state index in [1.807, 2.05) is 6.08 Å². The zero-order chi connectivity index (χ0) is 37.4. The second-order valence-corrected chi connectivity index (χ2v) is 13.3. The van der Waals surface area contributed by atoms with Gasteiger partial charge in [-0.05, 0) is 70.6 Å². The van der Waals surface area contributed by atoms with E-state index in [1.165, 1.54) is 19.3 Å². The van der Waals surface area contributed by atoms with Gasteiger partial charge in [-0.3, -0.25) is 4.79 Å². The molecule has 0 aromatic carbocycles. The molecule has 51 heavy (non-hydrogen) atoms. The molecule has 7 unspecified atom stereocenters. The lowest BCUT2D eigenvalue weighted by Gasteiger charge is -2.40.